The van der Waals surface area contributed by atoms with Gasteiger partial charge in [0.2, 0.25) is 0 Å². The van der Waals surface area contributed by atoms with Crippen molar-refractivity contribution in [1.29, 1.82) is 0 Å². The topological polar surface area (TPSA) is 237 Å². The average molecular weight is 1420 g/mol. The fourth-order valence-electron chi connectivity index (χ4n) is 12.0. The third-order valence-corrected chi connectivity index (χ3v) is 20.5. The van der Waals surface area contributed by atoms with Crippen molar-refractivity contribution in [3.63, 3.8) is 0 Å². The summed E-state index contributed by atoms with van der Waals surface area (Å²) in [7, 11) is -9.91. The van der Waals surface area contributed by atoms with Crippen LogP contribution < -0.4 is 0 Å². The van der Waals surface area contributed by atoms with E-state index >= 15 is 0 Å². The summed E-state index contributed by atoms with van der Waals surface area (Å²) in [5, 5.41) is 10.6. The maximum atomic E-state index is 13.1. The van der Waals surface area contributed by atoms with Gasteiger partial charge < -0.3 is 33.8 Å². The molecule has 0 amide bonds. The maximum absolute atomic E-state index is 13.1. The Labute approximate surface area is 594 Å². The number of ether oxygens (including phenoxy) is 4. The normalized spacial score (nSPS) is 14.2. The minimum atomic E-state index is -4.96. The highest BCUT2D eigenvalue weighted by atomic mass is 31.2. The molecule has 0 aromatic heterocycles. The van der Waals surface area contributed by atoms with E-state index in [4.69, 9.17) is 37.0 Å². The monoisotopic (exact) mass is 1420 g/mol. The van der Waals surface area contributed by atoms with E-state index in [0.29, 0.717) is 25.7 Å². The number of esters is 4. The second-order valence-corrected chi connectivity index (χ2v) is 31.3. The number of hydrogen-bond acceptors (Lipinski definition) is 15. The minimum absolute atomic E-state index is 0.107. The Bertz CT molecular complexity index is 1860. The van der Waals surface area contributed by atoms with Gasteiger partial charge in [-0.25, -0.2) is 9.13 Å². The van der Waals surface area contributed by atoms with E-state index in [1.54, 1.807) is 0 Å². The highest BCUT2D eigenvalue weighted by molar-refractivity contribution is 7.47. The number of aliphatic hydroxyl groups excluding tert-OH is 1. The first kappa shape index (κ1) is 95.1. The maximum Gasteiger partial charge on any atom is 0.472 e. The molecule has 19 heteroatoms. The van der Waals surface area contributed by atoms with Crippen molar-refractivity contribution in [2.75, 3.05) is 39.6 Å². The second kappa shape index (κ2) is 71.1. The first-order chi connectivity index (χ1) is 47.1. The van der Waals surface area contributed by atoms with Gasteiger partial charge in [0, 0.05) is 25.7 Å². The van der Waals surface area contributed by atoms with E-state index in [2.05, 4.69) is 34.6 Å². The van der Waals surface area contributed by atoms with Gasteiger partial charge in [0.15, 0.2) is 12.2 Å². The first-order valence-electron chi connectivity index (χ1n) is 40.7. The number of carbonyl (C=O) groups excluding carboxylic acids is 4. The van der Waals surface area contributed by atoms with Crippen molar-refractivity contribution >= 4 is 39.5 Å². The van der Waals surface area contributed by atoms with Gasteiger partial charge in [-0.1, -0.05) is 362 Å². The molecule has 17 nitrogen and oxygen atoms in total. The van der Waals surface area contributed by atoms with Crippen molar-refractivity contribution in [1.82, 2.24) is 0 Å². The Morgan fingerprint density at radius 3 is 0.732 bits per heavy atom. The smallest absolute Gasteiger partial charge is 0.462 e. The number of carbonyl (C=O) groups is 4. The Kier molecular flexibility index (Phi) is 69.6. The number of aliphatic hydroxyl groups is 1. The number of hydrogen-bond donors (Lipinski definition) is 3. The predicted molar refractivity (Wildman–Crippen MR) is 395 cm³/mol. The Hall–Kier alpha value is -1.94. The molecule has 3 unspecified atom stereocenters. The summed E-state index contributed by atoms with van der Waals surface area (Å²) in [4.78, 5) is 73.0. The molecule has 0 aliphatic carbocycles. The molecule has 0 aromatic rings. The average Bonchev–Trinajstić information content (AvgIpc) is 1.12. The van der Waals surface area contributed by atoms with E-state index in [-0.39, 0.29) is 25.7 Å². The number of rotatable bonds is 78. The zero-order valence-corrected chi connectivity index (χ0v) is 65.0. The van der Waals surface area contributed by atoms with Gasteiger partial charge in [0.25, 0.3) is 0 Å². The van der Waals surface area contributed by atoms with E-state index in [1.165, 1.54) is 238 Å². The van der Waals surface area contributed by atoms with E-state index < -0.39 is 97.5 Å². The van der Waals surface area contributed by atoms with Crippen LogP contribution in [0.5, 0.6) is 0 Å². The predicted octanol–water partition coefficient (Wildman–Crippen LogP) is 23.3. The van der Waals surface area contributed by atoms with Gasteiger partial charge in [-0.15, -0.1) is 0 Å². The summed E-state index contributed by atoms with van der Waals surface area (Å²) < 4.78 is 68.7. The molecule has 0 saturated heterocycles. The van der Waals surface area contributed by atoms with Crippen LogP contribution in [0.3, 0.4) is 0 Å². The third kappa shape index (κ3) is 70.9. The van der Waals surface area contributed by atoms with Gasteiger partial charge in [-0.3, -0.25) is 37.3 Å². The Balaban J connectivity index is 5.27. The van der Waals surface area contributed by atoms with Crippen LogP contribution in [0.15, 0.2) is 0 Å². The lowest BCUT2D eigenvalue weighted by Gasteiger charge is -2.21. The summed E-state index contributed by atoms with van der Waals surface area (Å²) in [5.74, 6) is -1.30. The molecule has 0 aliphatic rings. The van der Waals surface area contributed by atoms with Gasteiger partial charge >= 0.3 is 39.5 Å². The van der Waals surface area contributed by atoms with Crippen LogP contribution in [0.1, 0.15) is 413 Å². The lowest BCUT2D eigenvalue weighted by Crippen LogP contribution is -2.30. The summed E-state index contributed by atoms with van der Waals surface area (Å²) in [6.07, 6.45) is 60.7. The molecule has 0 radical (unpaired) electrons. The number of unbranched alkanes of at least 4 members (excludes halogenated alkanes) is 49. The summed E-state index contributed by atoms with van der Waals surface area (Å²) >= 11 is 0. The molecule has 0 aromatic carbocycles. The first-order valence-corrected chi connectivity index (χ1v) is 43.7. The summed E-state index contributed by atoms with van der Waals surface area (Å²) in [5.41, 5.74) is 0. The highest BCUT2D eigenvalue weighted by Crippen LogP contribution is 2.45. The molecule has 0 rings (SSSR count). The van der Waals surface area contributed by atoms with Gasteiger partial charge in [0.1, 0.15) is 19.3 Å². The lowest BCUT2D eigenvalue weighted by molar-refractivity contribution is -0.161. The van der Waals surface area contributed by atoms with Crippen LogP contribution in [0.4, 0.5) is 0 Å². The van der Waals surface area contributed by atoms with E-state index in [0.717, 1.165) is 95.8 Å². The van der Waals surface area contributed by atoms with Crippen molar-refractivity contribution in [2.45, 2.75) is 432 Å². The molecule has 0 spiro atoms. The molecule has 0 saturated carbocycles. The highest BCUT2D eigenvalue weighted by Gasteiger charge is 2.30. The van der Waals surface area contributed by atoms with Crippen molar-refractivity contribution in [3.8, 4) is 0 Å². The van der Waals surface area contributed by atoms with Crippen LogP contribution in [0.25, 0.3) is 0 Å². The third-order valence-electron chi connectivity index (χ3n) is 18.6. The quantitative estimate of drug-likeness (QED) is 0.0222. The minimum Gasteiger partial charge on any atom is -0.462 e. The van der Waals surface area contributed by atoms with Crippen LogP contribution >= 0.6 is 15.6 Å². The van der Waals surface area contributed by atoms with Crippen molar-refractivity contribution in [3.05, 3.63) is 0 Å². The van der Waals surface area contributed by atoms with Crippen LogP contribution in [-0.4, -0.2) is 96.7 Å². The molecule has 0 fully saturated rings. The molecule has 6 atom stereocenters. The molecular weight excluding hydrogens is 1270 g/mol. The van der Waals surface area contributed by atoms with E-state index in [1.807, 2.05) is 0 Å². The zero-order chi connectivity index (χ0) is 71.2. The fourth-order valence-corrected chi connectivity index (χ4v) is 13.6. The molecule has 576 valence electrons. The fraction of sp³-hybridized carbons (Fsp3) is 0.949. The Morgan fingerprint density at radius 1 is 0.289 bits per heavy atom. The van der Waals surface area contributed by atoms with Gasteiger partial charge in [-0.2, -0.15) is 0 Å². The molecule has 3 N–H and O–H groups in total. The van der Waals surface area contributed by atoms with Crippen molar-refractivity contribution in [2.24, 2.45) is 5.92 Å². The molecular formula is C78H152O17P2. The van der Waals surface area contributed by atoms with Crippen molar-refractivity contribution < 1.29 is 80.2 Å². The number of phosphoric ester groups is 2. The SMILES string of the molecule is CCCCCCCCCCCCCCCCCC(=O)OC[C@H](COP(=O)(O)OC[C@@H](O)COP(=O)(O)OC[C@@H](COC(=O)CCCCCCCCCCCCCCC)OC(=O)CCCCCCCCCCCCC(C)CC)OC(=O)CCCCCCCCCCCCCCCCC. The lowest BCUT2D eigenvalue weighted by atomic mass is 9.99. The van der Waals surface area contributed by atoms with Crippen LogP contribution in [0.2, 0.25) is 0 Å². The molecule has 0 heterocycles. The molecule has 0 bridgehead atoms. The Morgan fingerprint density at radius 2 is 0.495 bits per heavy atom. The number of phosphoric acid groups is 2. The second-order valence-electron chi connectivity index (χ2n) is 28.3. The van der Waals surface area contributed by atoms with Gasteiger partial charge in [0.05, 0.1) is 26.4 Å². The molecule has 0 aliphatic heterocycles. The molecule has 97 heavy (non-hydrogen) atoms. The van der Waals surface area contributed by atoms with Crippen LogP contribution in [-0.2, 0) is 65.4 Å². The van der Waals surface area contributed by atoms with Crippen LogP contribution in [0, 0.1) is 5.92 Å². The van der Waals surface area contributed by atoms with Gasteiger partial charge in [-0.05, 0) is 31.6 Å². The van der Waals surface area contributed by atoms with E-state index in [9.17, 15) is 43.2 Å². The summed E-state index contributed by atoms with van der Waals surface area (Å²) in [6, 6.07) is 0. The standard InChI is InChI=1S/C78H152O17P2/c1-6-10-13-16-19-22-25-28-30-33-36-42-47-52-57-62-76(81)89-67-73(94-77(82)63-58-53-48-43-37-34-31-29-26-23-20-17-14-11-7-2)69-92-96(84,85)90-65-72(79)66-91-97(86,87)93-70-74(68-88-75(80)61-56-51-46-41-35-32-27-24-21-18-15-12-8-3)95-78(83)64-59-54-49-44-39-38-40-45-50-55-60-71(5)9-4/h71-74,79H,6-70H2,1-5H3,(H,84,85)(H,86,87)/t71?,72-,73-,74-/m1/s1. The zero-order valence-electron chi connectivity index (χ0n) is 63.2. The summed E-state index contributed by atoms with van der Waals surface area (Å²) in [6.45, 7) is 7.35. The largest absolute Gasteiger partial charge is 0.472 e.